The zero-order chi connectivity index (χ0) is 30.4. The van der Waals surface area contributed by atoms with Gasteiger partial charge in [-0.2, -0.15) is 0 Å². The van der Waals surface area contributed by atoms with Crippen LogP contribution in [0.15, 0.2) is 48.5 Å². The monoisotopic (exact) mass is 520 g/mol. The molecule has 2 aliphatic rings. The maximum absolute atomic E-state index is 10.9. The Morgan fingerprint density at radius 3 is 0.892 bits per heavy atom. The van der Waals surface area contributed by atoms with Crippen molar-refractivity contribution in [1.82, 2.24) is 0 Å². The molecule has 0 aliphatic carbocycles. The Labute approximate surface area is 226 Å². The number of carbonyl (C=O) groups excluding carboxylic acids is 4. The number of rotatable bonds is 0. The van der Waals surface area contributed by atoms with Crippen LogP contribution in [0, 0.1) is 0 Å². The highest BCUT2D eigenvalue weighted by Gasteiger charge is 2.30. The van der Waals surface area contributed by atoms with Gasteiger partial charge in [0.2, 0.25) is 0 Å². The number of hydrogen-bond donors (Lipinski definition) is 0. The van der Waals surface area contributed by atoms with Crippen LogP contribution in [0.1, 0.15) is 124 Å². The highest BCUT2D eigenvalue weighted by atomic mass is 16.6. The SMILES string of the molecule is CC.CC.CC.CC.CC.CC.CCC.O=C1Oc2ccccc2C1=O.O=C1Oc2ccccc2C1=O. The second-order valence-electron chi connectivity index (χ2n) is 5.14. The van der Waals surface area contributed by atoms with E-state index in [0.717, 1.165) is 0 Å². The van der Waals surface area contributed by atoms with E-state index in [4.69, 9.17) is 0 Å². The minimum Gasteiger partial charge on any atom is -0.420 e. The molecule has 0 aromatic heterocycles. The molecule has 2 aromatic carbocycles. The molecule has 0 radical (unpaired) electrons. The lowest BCUT2D eigenvalue weighted by atomic mass is 10.1. The molecule has 212 valence electrons. The van der Waals surface area contributed by atoms with Crippen LogP contribution < -0.4 is 9.47 Å². The Kier molecular flexibility index (Phi) is 38.7. The number of ether oxygens (including phenoxy) is 2. The maximum atomic E-state index is 10.9. The lowest BCUT2D eigenvalue weighted by molar-refractivity contribution is -0.129. The second kappa shape index (κ2) is 32.7. The summed E-state index contributed by atoms with van der Waals surface area (Å²) < 4.78 is 9.26. The molecule has 0 fully saturated rings. The number of carbonyl (C=O) groups is 4. The van der Waals surface area contributed by atoms with Crippen molar-refractivity contribution in [2.24, 2.45) is 0 Å². The van der Waals surface area contributed by atoms with E-state index in [-0.39, 0.29) is 0 Å². The number of Topliss-reactive ketones (excluding diaryl/α,β-unsaturated/α-hetero) is 2. The zero-order valence-corrected chi connectivity index (χ0v) is 25.8. The first-order chi connectivity index (χ1) is 18.0. The Hall–Kier alpha value is -3.28. The van der Waals surface area contributed by atoms with Gasteiger partial charge in [-0.15, -0.1) is 0 Å². The normalized spacial score (nSPS) is 10.1. The molecule has 2 aliphatic heterocycles. The molecule has 0 bridgehead atoms. The molecule has 0 saturated carbocycles. The average Bonchev–Trinajstić information content (AvgIpc) is 3.45. The van der Waals surface area contributed by atoms with Crippen molar-refractivity contribution in [3.8, 4) is 11.5 Å². The van der Waals surface area contributed by atoms with Crippen LogP contribution in [0.25, 0.3) is 0 Å². The summed E-state index contributed by atoms with van der Waals surface area (Å²) in [5.74, 6) is -1.95. The topological polar surface area (TPSA) is 86.7 Å². The first-order valence-corrected chi connectivity index (χ1v) is 13.7. The second-order valence-corrected chi connectivity index (χ2v) is 5.14. The van der Waals surface area contributed by atoms with Crippen LogP contribution in [0.2, 0.25) is 0 Å². The molecule has 2 aromatic rings. The van der Waals surface area contributed by atoms with Crippen molar-refractivity contribution < 1.29 is 28.7 Å². The Morgan fingerprint density at radius 1 is 0.459 bits per heavy atom. The van der Waals surface area contributed by atoms with E-state index < -0.39 is 23.5 Å². The molecule has 0 amide bonds. The molecule has 0 saturated heterocycles. The summed E-state index contributed by atoms with van der Waals surface area (Å²) in [6, 6.07) is 13.1. The molecule has 4 rings (SSSR count). The zero-order valence-electron chi connectivity index (χ0n) is 25.8. The van der Waals surface area contributed by atoms with Gasteiger partial charge in [0.25, 0.3) is 11.6 Å². The molecular weight excluding hydrogens is 468 g/mol. The van der Waals surface area contributed by atoms with E-state index in [1.54, 1.807) is 48.5 Å². The molecule has 37 heavy (non-hydrogen) atoms. The van der Waals surface area contributed by atoms with E-state index in [0.29, 0.717) is 22.6 Å². The number of para-hydroxylation sites is 2. The summed E-state index contributed by atoms with van der Waals surface area (Å²) in [7, 11) is 0. The first kappa shape index (κ1) is 43.8. The van der Waals surface area contributed by atoms with Gasteiger partial charge >= 0.3 is 11.9 Å². The highest BCUT2D eigenvalue weighted by molar-refractivity contribution is 6.44. The largest absolute Gasteiger partial charge is 0.420 e. The van der Waals surface area contributed by atoms with Crippen LogP contribution >= 0.6 is 0 Å². The summed E-state index contributed by atoms with van der Waals surface area (Å²) in [5, 5.41) is 0. The van der Waals surface area contributed by atoms with Crippen molar-refractivity contribution in [2.45, 2.75) is 103 Å². The van der Waals surface area contributed by atoms with Crippen molar-refractivity contribution >= 4 is 23.5 Å². The molecule has 0 atom stereocenters. The predicted molar refractivity (Wildman–Crippen MR) is 157 cm³/mol. The van der Waals surface area contributed by atoms with Crippen LogP contribution in [0.3, 0.4) is 0 Å². The fraction of sp³-hybridized carbons (Fsp3) is 0.484. The Bertz CT molecular complexity index is 772. The van der Waals surface area contributed by atoms with E-state index in [1.165, 1.54) is 6.42 Å². The average molecular weight is 521 g/mol. The van der Waals surface area contributed by atoms with E-state index in [1.807, 2.05) is 83.1 Å². The van der Waals surface area contributed by atoms with Gasteiger partial charge in [-0.25, -0.2) is 9.59 Å². The Morgan fingerprint density at radius 2 is 0.676 bits per heavy atom. The number of benzene rings is 2. The van der Waals surface area contributed by atoms with Gasteiger partial charge in [-0.1, -0.05) is 128 Å². The molecule has 6 heteroatoms. The van der Waals surface area contributed by atoms with E-state index in [2.05, 4.69) is 23.3 Å². The third kappa shape index (κ3) is 16.9. The van der Waals surface area contributed by atoms with Gasteiger partial charge < -0.3 is 9.47 Å². The minimum atomic E-state index is -0.786. The number of ketones is 2. The molecule has 0 unspecified atom stereocenters. The smallest absolute Gasteiger partial charge is 0.385 e. The number of hydrogen-bond acceptors (Lipinski definition) is 6. The molecule has 0 spiro atoms. The van der Waals surface area contributed by atoms with Crippen molar-refractivity contribution in [2.75, 3.05) is 0 Å². The minimum absolute atomic E-state index is 0.359. The number of esters is 2. The molecule has 2 heterocycles. The van der Waals surface area contributed by atoms with Crippen molar-refractivity contribution in [3.63, 3.8) is 0 Å². The Balaban J connectivity index is -0.000000123. The van der Waals surface area contributed by atoms with E-state index >= 15 is 0 Å². The summed E-state index contributed by atoms with van der Waals surface area (Å²) in [4.78, 5) is 43.2. The third-order valence-electron chi connectivity index (χ3n) is 3.04. The van der Waals surface area contributed by atoms with E-state index in [9.17, 15) is 19.2 Å². The van der Waals surface area contributed by atoms with Gasteiger partial charge in [-0.3, -0.25) is 9.59 Å². The lowest BCUT2D eigenvalue weighted by Gasteiger charge is -1.90. The summed E-state index contributed by atoms with van der Waals surface area (Å²) in [5.41, 5.74) is 0.718. The third-order valence-corrected chi connectivity index (χ3v) is 3.04. The van der Waals surface area contributed by atoms with Gasteiger partial charge in [0.1, 0.15) is 11.5 Å². The summed E-state index contributed by atoms with van der Waals surface area (Å²) in [6.45, 7) is 28.2. The van der Waals surface area contributed by atoms with Gasteiger partial charge in [0.15, 0.2) is 0 Å². The van der Waals surface area contributed by atoms with Crippen molar-refractivity contribution in [1.29, 1.82) is 0 Å². The summed E-state index contributed by atoms with van der Waals surface area (Å²) >= 11 is 0. The maximum Gasteiger partial charge on any atom is 0.385 e. The van der Waals surface area contributed by atoms with Gasteiger partial charge in [0, 0.05) is 0 Å². The lowest BCUT2D eigenvalue weighted by Crippen LogP contribution is -2.10. The van der Waals surface area contributed by atoms with Crippen molar-refractivity contribution in [3.05, 3.63) is 59.7 Å². The van der Waals surface area contributed by atoms with Crippen LogP contribution in [0.5, 0.6) is 11.5 Å². The predicted octanol–water partition coefficient (Wildman–Crippen LogP) is 9.15. The highest BCUT2D eigenvalue weighted by Crippen LogP contribution is 2.25. The quantitative estimate of drug-likeness (QED) is 0.195. The standard InChI is InChI=1S/2C8H4O3.C3H8.6C2H6/c2*9-7-5-3-1-2-4-6(5)11-8(7)10;1-3-2;6*1-2/h2*1-4H;3H2,1-2H3;6*1-2H3. The first-order valence-electron chi connectivity index (χ1n) is 13.7. The number of fused-ring (bicyclic) bond motifs is 2. The molecule has 0 N–H and O–H groups in total. The van der Waals surface area contributed by atoms with Crippen LogP contribution in [-0.4, -0.2) is 23.5 Å². The summed E-state index contributed by atoms with van der Waals surface area (Å²) in [6.07, 6.45) is 1.25. The van der Waals surface area contributed by atoms with Gasteiger partial charge in [0.05, 0.1) is 11.1 Å². The van der Waals surface area contributed by atoms with Crippen LogP contribution in [0.4, 0.5) is 0 Å². The fourth-order valence-corrected chi connectivity index (χ4v) is 2.00. The van der Waals surface area contributed by atoms with Gasteiger partial charge in [-0.05, 0) is 24.3 Å². The molecular formula is C31H52O6. The van der Waals surface area contributed by atoms with Crippen LogP contribution in [-0.2, 0) is 9.59 Å². The fourth-order valence-electron chi connectivity index (χ4n) is 2.00. The molecule has 6 nitrogen and oxygen atoms in total.